The Kier molecular flexibility index (Phi) is 5.59. The van der Waals surface area contributed by atoms with E-state index in [0.29, 0.717) is 18.1 Å². The summed E-state index contributed by atoms with van der Waals surface area (Å²) in [4.78, 5) is 0. The summed E-state index contributed by atoms with van der Waals surface area (Å²) in [6.45, 7) is 0.737. The second kappa shape index (κ2) is 6.73. The van der Waals surface area contributed by atoms with E-state index in [1.165, 1.54) is 12.1 Å². The molecule has 90 valence electrons. The lowest BCUT2D eigenvalue weighted by Crippen LogP contribution is -2.07. The van der Waals surface area contributed by atoms with Gasteiger partial charge in [0.05, 0.1) is 6.61 Å². The van der Waals surface area contributed by atoms with Gasteiger partial charge in [-0.05, 0) is 23.3 Å². The Balaban J connectivity index is 2.65. The Bertz CT molecular complexity index is 371. The zero-order chi connectivity index (χ0) is 12.0. The Morgan fingerprint density at radius 2 is 2.06 bits per heavy atom. The first-order chi connectivity index (χ1) is 7.65. The normalized spacial score (nSPS) is 12.7. The Labute approximate surface area is 97.2 Å². The number of hydrogen-bond acceptors (Lipinski definition) is 3. The van der Waals surface area contributed by atoms with Crippen LogP contribution in [0.25, 0.3) is 0 Å². The minimum Gasteiger partial charge on any atom is -0.384 e. The molecule has 0 saturated heterocycles. The van der Waals surface area contributed by atoms with E-state index in [1.54, 1.807) is 13.2 Å². The third-order valence-corrected chi connectivity index (χ3v) is 3.37. The zero-order valence-electron chi connectivity index (χ0n) is 9.24. The van der Waals surface area contributed by atoms with Gasteiger partial charge < -0.3 is 10.5 Å². The van der Waals surface area contributed by atoms with Gasteiger partial charge in [-0.25, -0.2) is 4.39 Å². The van der Waals surface area contributed by atoms with Gasteiger partial charge in [0.2, 0.25) is 0 Å². The van der Waals surface area contributed by atoms with E-state index in [4.69, 9.17) is 10.5 Å². The maximum Gasteiger partial charge on any atom is 0.123 e. The molecule has 0 aromatic heterocycles. The monoisotopic (exact) mass is 245 g/mol. The van der Waals surface area contributed by atoms with Crippen molar-refractivity contribution in [2.75, 3.05) is 19.5 Å². The first-order valence-corrected chi connectivity index (χ1v) is 6.47. The van der Waals surface area contributed by atoms with Gasteiger partial charge in [0.25, 0.3) is 0 Å². The summed E-state index contributed by atoms with van der Waals surface area (Å²) in [7, 11) is 0.540. The van der Waals surface area contributed by atoms with Crippen LogP contribution < -0.4 is 5.73 Å². The van der Waals surface area contributed by atoms with Crippen LogP contribution in [0, 0.1) is 5.82 Å². The summed E-state index contributed by atoms with van der Waals surface area (Å²) in [5.41, 5.74) is 6.87. The lowest BCUT2D eigenvalue weighted by molar-refractivity contribution is 0.218. The molecular weight excluding hydrogens is 229 g/mol. The molecule has 0 fully saturated rings. The highest BCUT2D eigenvalue weighted by atomic mass is 32.2. The first kappa shape index (κ1) is 13.3. The van der Waals surface area contributed by atoms with Crippen molar-refractivity contribution in [2.24, 2.45) is 5.73 Å². The second-order valence-electron chi connectivity index (χ2n) is 3.45. The molecule has 16 heavy (non-hydrogen) atoms. The molecule has 0 bridgehead atoms. The van der Waals surface area contributed by atoms with Crippen LogP contribution in [-0.4, -0.2) is 23.7 Å². The first-order valence-electron chi connectivity index (χ1n) is 4.98. The van der Waals surface area contributed by atoms with Crippen molar-refractivity contribution in [3.63, 3.8) is 0 Å². The van der Waals surface area contributed by atoms with E-state index in [-0.39, 0.29) is 12.4 Å². The minimum atomic E-state index is -1.02. The highest BCUT2D eigenvalue weighted by molar-refractivity contribution is 7.84. The number of nitrogens with two attached hydrogens (primary N) is 1. The maximum atomic E-state index is 13.1. The molecule has 0 radical (unpaired) electrons. The van der Waals surface area contributed by atoms with Gasteiger partial charge in [0.15, 0.2) is 0 Å². The van der Waals surface area contributed by atoms with E-state index in [2.05, 4.69) is 0 Å². The molecule has 0 spiro atoms. The molecule has 0 heterocycles. The standard InChI is InChI=1S/C11H16FNO2S/c1-15-2-3-16(14)8-10-4-9(7-13)5-11(12)6-10/h4-6H,2-3,7-8,13H2,1H3. The van der Waals surface area contributed by atoms with Crippen molar-refractivity contribution in [1.29, 1.82) is 0 Å². The fourth-order valence-electron chi connectivity index (χ4n) is 1.35. The van der Waals surface area contributed by atoms with Crippen molar-refractivity contribution in [3.05, 3.63) is 35.1 Å². The number of halogens is 1. The number of methoxy groups -OCH3 is 1. The zero-order valence-corrected chi connectivity index (χ0v) is 10.1. The van der Waals surface area contributed by atoms with Crippen molar-refractivity contribution in [1.82, 2.24) is 0 Å². The fraction of sp³-hybridized carbons (Fsp3) is 0.455. The SMILES string of the molecule is COCCS(=O)Cc1cc(F)cc(CN)c1. The number of benzene rings is 1. The lowest BCUT2D eigenvalue weighted by Gasteiger charge is -2.05. The van der Waals surface area contributed by atoms with Gasteiger partial charge >= 0.3 is 0 Å². The molecule has 0 amide bonds. The molecule has 1 unspecified atom stereocenters. The summed E-state index contributed by atoms with van der Waals surface area (Å²) >= 11 is 0. The average molecular weight is 245 g/mol. The minimum absolute atomic E-state index is 0.287. The van der Waals surface area contributed by atoms with Crippen LogP contribution in [0.5, 0.6) is 0 Å². The van der Waals surface area contributed by atoms with Crippen LogP contribution in [0.4, 0.5) is 4.39 Å². The van der Waals surface area contributed by atoms with Crippen molar-refractivity contribution < 1.29 is 13.3 Å². The predicted molar refractivity (Wildman–Crippen MR) is 62.9 cm³/mol. The lowest BCUT2D eigenvalue weighted by atomic mass is 10.1. The highest BCUT2D eigenvalue weighted by Crippen LogP contribution is 2.11. The van der Waals surface area contributed by atoms with Crippen LogP contribution in [0.2, 0.25) is 0 Å². The van der Waals surface area contributed by atoms with Gasteiger partial charge in [-0.15, -0.1) is 0 Å². The second-order valence-corrected chi connectivity index (χ2v) is 5.03. The fourth-order valence-corrected chi connectivity index (χ4v) is 2.39. The molecule has 2 N–H and O–H groups in total. The van der Waals surface area contributed by atoms with E-state index in [9.17, 15) is 8.60 Å². The maximum absolute atomic E-state index is 13.1. The molecule has 0 aliphatic rings. The summed E-state index contributed by atoms with van der Waals surface area (Å²) in [6.07, 6.45) is 0. The van der Waals surface area contributed by atoms with Gasteiger partial charge in [0.1, 0.15) is 5.82 Å². The van der Waals surface area contributed by atoms with Gasteiger partial charge in [-0.1, -0.05) is 6.07 Å². The van der Waals surface area contributed by atoms with Gasteiger partial charge in [0, 0.05) is 36.0 Å². The Hall–Kier alpha value is -0.780. The third-order valence-electron chi connectivity index (χ3n) is 2.10. The molecule has 5 heteroatoms. The topological polar surface area (TPSA) is 52.3 Å². The molecule has 1 rings (SSSR count). The van der Waals surface area contributed by atoms with Gasteiger partial charge in [-0.2, -0.15) is 0 Å². The summed E-state index contributed by atoms with van der Waals surface area (Å²) in [5.74, 6) is 0.473. The Morgan fingerprint density at radius 1 is 1.38 bits per heavy atom. The summed E-state index contributed by atoms with van der Waals surface area (Å²) in [5, 5.41) is 0. The van der Waals surface area contributed by atoms with Gasteiger partial charge in [-0.3, -0.25) is 4.21 Å². The van der Waals surface area contributed by atoms with Crippen LogP contribution in [0.15, 0.2) is 18.2 Å². The molecular formula is C11H16FNO2S. The molecule has 1 atom stereocenters. The largest absolute Gasteiger partial charge is 0.384 e. The van der Waals surface area contributed by atoms with Crippen molar-refractivity contribution >= 4 is 10.8 Å². The molecule has 0 saturated carbocycles. The molecule has 0 aliphatic carbocycles. The van der Waals surface area contributed by atoms with Crippen LogP contribution in [0.3, 0.4) is 0 Å². The molecule has 1 aromatic rings. The number of ether oxygens (including phenoxy) is 1. The molecule has 1 aromatic carbocycles. The van der Waals surface area contributed by atoms with E-state index >= 15 is 0 Å². The number of rotatable bonds is 6. The van der Waals surface area contributed by atoms with E-state index in [1.807, 2.05) is 0 Å². The molecule has 0 aliphatic heterocycles. The highest BCUT2D eigenvalue weighted by Gasteiger charge is 2.04. The Morgan fingerprint density at radius 3 is 2.69 bits per heavy atom. The van der Waals surface area contributed by atoms with E-state index < -0.39 is 10.8 Å². The summed E-state index contributed by atoms with van der Waals surface area (Å²) < 4.78 is 29.5. The van der Waals surface area contributed by atoms with Crippen molar-refractivity contribution in [2.45, 2.75) is 12.3 Å². The summed E-state index contributed by atoms with van der Waals surface area (Å²) in [6, 6.07) is 4.57. The van der Waals surface area contributed by atoms with Crippen LogP contribution >= 0.6 is 0 Å². The van der Waals surface area contributed by atoms with Crippen LogP contribution in [0.1, 0.15) is 11.1 Å². The third kappa shape index (κ3) is 4.38. The quantitative estimate of drug-likeness (QED) is 0.818. The molecule has 3 nitrogen and oxygen atoms in total. The number of hydrogen-bond donors (Lipinski definition) is 1. The van der Waals surface area contributed by atoms with Crippen molar-refractivity contribution in [3.8, 4) is 0 Å². The predicted octanol–water partition coefficient (Wildman–Crippen LogP) is 1.18. The average Bonchev–Trinajstić information content (AvgIpc) is 2.25. The van der Waals surface area contributed by atoms with E-state index in [0.717, 1.165) is 11.1 Å². The van der Waals surface area contributed by atoms with Crippen LogP contribution in [-0.2, 0) is 27.8 Å². The smallest absolute Gasteiger partial charge is 0.123 e.